The molecule has 0 aliphatic heterocycles. The van der Waals surface area contributed by atoms with Gasteiger partial charge in [-0.3, -0.25) is 0 Å². The van der Waals surface area contributed by atoms with Crippen molar-refractivity contribution in [2.45, 2.75) is 13.8 Å². The average molecular weight is 311 g/mol. The van der Waals surface area contributed by atoms with E-state index in [0.717, 1.165) is 15.7 Å². The summed E-state index contributed by atoms with van der Waals surface area (Å²) in [7, 11) is 0. The molecule has 0 spiro atoms. The van der Waals surface area contributed by atoms with Gasteiger partial charge in [-0.2, -0.15) is 0 Å². The lowest BCUT2D eigenvalue weighted by molar-refractivity contribution is 0.628. The molecule has 6 heteroatoms. The molecule has 1 aromatic heterocycles. The van der Waals surface area contributed by atoms with Gasteiger partial charge in [0, 0.05) is 21.3 Å². The maximum Gasteiger partial charge on any atom is 0.163 e. The molecule has 0 fully saturated rings. The molecule has 0 saturated heterocycles. The molecule has 94 valence electrons. The second kappa shape index (κ2) is 4.99. The predicted molar refractivity (Wildman–Crippen MR) is 72.4 cm³/mol. The molecule has 3 N–H and O–H groups in total. The van der Waals surface area contributed by atoms with Gasteiger partial charge in [0.25, 0.3) is 0 Å². The van der Waals surface area contributed by atoms with Crippen LogP contribution in [-0.4, -0.2) is 9.97 Å². The fourth-order valence-corrected chi connectivity index (χ4v) is 1.98. The molecule has 0 aliphatic carbocycles. The standard InChI is InChI=1S/C12H12BrFN4/c1-6-7(2)16-12(17-11(6)18-15)9-5-8(14)3-4-10(9)13/h3-5H,15H2,1-2H3,(H,16,17,18). The fraction of sp³-hybridized carbons (Fsp3) is 0.167. The van der Waals surface area contributed by atoms with Crippen molar-refractivity contribution in [3.63, 3.8) is 0 Å². The van der Waals surface area contributed by atoms with Crippen LogP contribution in [0.5, 0.6) is 0 Å². The Labute approximate surface area is 113 Å². The van der Waals surface area contributed by atoms with Crippen molar-refractivity contribution in [1.82, 2.24) is 9.97 Å². The van der Waals surface area contributed by atoms with Crippen LogP contribution in [0.1, 0.15) is 11.3 Å². The van der Waals surface area contributed by atoms with Gasteiger partial charge in [-0.05, 0) is 32.0 Å². The molecule has 0 radical (unpaired) electrons. The van der Waals surface area contributed by atoms with Gasteiger partial charge >= 0.3 is 0 Å². The molecule has 0 atom stereocenters. The van der Waals surface area contributed by atoms with Crippen LogP contribution >= 0.6 is 15.9 Å². The molecule has 0 aliphatic rings. The van der Waals surface area contributed by atoms with Crippen molar-refractivity contribution >= 4 is 21.7 Å². The number of halogens is 2. The Morgan fingerprint density at radius 1 is 1.28 bits per heavy atom. The van der Waals surface area contributed by atoms with E-state index in [1.807, 2.05) is 13.8 Å². The molecular weight excluding hydrogens is 299 g/mol. The minimum absolute atomic E-state index is 0.336. The Morgan fingerprint density at radius 3 is 2.67 bits per heavy atom. The Bertz CT molecular complexity index is 601. The van der Waals surface area contributed by atoms with E-state index in [4.69, 9.17) is 5.84 Å². The third-order valence-electron chi connectivity index (χ3n) is 2.70. The Balaban J connectivity index is 2.64. The summed E-state index contributed by atoms with van der Waals surface area (Å²) in [5.41, 5.74) is 4.78. The number of nitrogens with two attached hydrogens (primary N) is 1. The molecule has 18 heavy (non-hydrogen) atoms. The number of rotatable bonds is 2. The summed E-state index contributed by atoms with van der Waals surface area (Å²) >= 11 is 3.36. The van der Waals surface area contributed by atoms with Crippen LogP contribution in [0.3, 0.4) is 0 Å². The van der Waals surface area contributed by atoms with E-state index in [-0.39, 0.29) is 5.82 Å². The van der Waals surface area contributed by atoms with E-state index in [1.165, 1.54) is 12.1 Å². The van der Waals surface area contributed by atoms with Gasteiger partial charge in [0.1, 0.15) is 11.6 Å². The summed E-state index contributed by atoms with van der Waals surface area (Å²) in [5, 5.41) is 0. The highest BCUT2D eigenvalue weighted by molar-refractivity contribution is 9.10. The number of benzene rings is 1. The number of nitrogens with one attached hydrogen (secondary N) is 1. The fourth-order valence-electron chi connectivity index (χ4n) is 1.56. The maximum atomic E-state index is 13.3. The van der Waals surface area contributed by atoms with Crippen LogP contribution < -0.4 is 11.3 Å². The normalized spacial score (nSPS) is 10.5. The van der Waals surface area contributed by atoms with Crippen LogP contribution in [0.15, 0.2) is 22.7 Å². The highest BCUT2D eigenvalue weighted by Gasteiger charge is 2.12. The summed E-state index contributed by atoms with van der Waals surface area (Å²) in [6.45, 7) is 3.73. The molecule has 0 unspecified atom stereocenters. The summed E-state index contributed by atoms with van der Waals surface area (Å²) in [4.78, 5) is 8.63. The third-order valence-corrected chi connectivity index (χ3v) is 3.39. The first-order valence-corrected chi connectivity index (χ1v) is 6.09. The minimum Gasteiger partial charge on any atom is -0.308 e. The van der Waals surface area contributed by atoms with Crippen molar-refractivity contribution in [3.05, 3.63) is 39.7 Å². The Kier molecular flexibility index (Phi) is 3.58. The lowest BCUT2D eigenvalue weighted by atomic mass is 10.2. The molecule has 4 nitrogen and oxygen atoms in total. The monoisotopic (exact) mass is 310 g/mol. The second-order valence-corrected chi connectivity index (χ2v) is 4.73. The summed E-state index contributed by atoms with van der Waals surface area (Å²) in [5.74, 6) is 6.04. The topological polar surface area (TPSA) is 63.8 Å². The van der Waals surface area contributed by atoms with E-state index in [2.05, 4.69) is 31.3 Å². The van der Waals surface area contributed by atoms with E-state index >= 15 is 0 Å². The van der Waals surface area contributed by atoms with E-state index < -0.39 is 0 Å². The van der Waals surface area contributed by atoms with Crippen LogP contribution in [0, 0.1) is 19.7 Å². The smallest absolute Gasteiger partial charge is 0.163 e. The molecule has 0 saturated carbocycles. The lowest BCUT2D eigenvalue weighted by Crippen LogP contribution is -2.12. The van der Waals surface area contributed by atoms with Crippen molar-refractivity contribution in [2.24, 2.45) is 5.84 Å². The molecule has 0 amide bonds. The molecule has 1 heterocycles. The van der Waals surface area contributed by atoms with Gasteiger partial charge in [-0.25, -0.2) is 20.2 Å². The highest BCUT2D eigenvalue weighted by Crippen LogP contribution is 2.28. The average Bonchev–Trinajstić information content (AvgIpc) is 2.35. The molecular formula is C12H12BrFN4. The number of hydrogen-bond acceptors (Lipinski definition) is 4. The van der Waals surface area contributed by atoms with Gasteiger partial charge in [0.2, 0.25) is 0 Å². The summed E-state index contributed by atoms with van der Waals surface area (Å²) < 4.78 is 14.0. The Morgan fingerprint density at radius 2 is 2.00 bits per heavy atom. The largest absolute Gasteiger partial charge is 0.308 e. The molecule has 2 aromatic rings. The third kappa shape index (κ3) is 2.34. The molecule has 2 rings (SSSR count). The van der Waals surface area contributed by atoms with Crippen LogP contribution in [-0.2, 0) is 0 Å². The number of hydrazine groups is 1. The first kappa shape index (κ1) is 12.9. The van der Waals surface area contributed by atoms with Gasteiger partial charge in [0.15, 0.2) is 5.82 Å². The SMILES string of the molecule is Cc1nc(-c2cc(F)ccc2Br)nc(NN)c1C. The quantitative estimate of drug-likeness (QED) is 0.661. The van der Waals surface area contributed by atoms with Crippen molar-refractivity contribution in [1.29, 1.82) is 0 Å². The van der Waals surface area contributed by atoms with Gasteiger partial charge in [-0.1, -0.05) is 15.9 Å². The first-order chi connectivity index (χ1) is 8.52. The van der Waals surface area contributed by atoms with Crippen LogP contribution in [0.4, 0.5) is 10.2 Å². The Hall–Kier alpha value is -1.53. The van der Waals surface area contributed by atoms with Gasteiger partial charge in [-0.15, -0.1) is 0 Å². The summed E-state index contributed by atoms with van der Waals surface area (Å²) in [6, 6.07) is 4.38. The number of anilines is 1. The first-order valence-electron chi connectivity index (χ1n) is 5.30. The van der Waals surface area contributed by atoms with E-state index in [1.54, 1.807) is 6.07 Å². The molecule has 1 aromatic carbocycles. The predicted octanol–water partition coefficient (Wildman–Crippen LogP) is 2.95. The number of nitrogens with zero attached hydrogens (tertiary/aromatic N) is 2. The summed E-state index contributed by atoms with van der Waals surface area (Å²) in [6.07, 6.45) is 0. The number of hydrogen-bond donors (Lipinski definition) is 2. The second-order valence-electron chi connectivity index (χ2n) is 3.87. The zero-order valence-electron chi connectivity index (χ0n) is 9.96. The number of aryl methyl sites for hydroxylation is 1. The van der Waals surface area contributed by atoms with Gasteiger partial charge < -0.3 is 5.43 Å². The number of nitrogen functional groups attached to an aromatic ring is 1. The minimum atomic E-state index is -0.336. The highest BCUT2D eigenvalue weighted by atomic mass is 79.9. The van der Waals surface area contributed by atoms with Crippen LogP contribution in [0.25, 0.3) is 11.4 Å². The molecule has 0 bridgehead atoms. The van der Waals surface area contributed by atoms with E-state index in [0.29, 0.717) is 17.2 Å². The van der Waals surface area contributed by atoms with Crippen LogP contribution in [0.2, 0.25) is 0 Å². The zero-order valence-corrected chi connectivity index (χ0v) is 11.5. The van der Waals surface area contributed by atoms with E-state index in [9.17, 15) is 4.39 Å². The van der Waals surface area contributed by atoms with Crippen molar-refractivity contribution < 1.29 is 4.39 Å². The van der Waals surface area contributed by atoms with Gasteiger partial charge in [0.05, 0.1) is 0 Å². The number of aromatic nitrogens is 2. The zero-order chi connectivity index (χ0) is 13.3. The lowest BCUT2D eigenvalue weighted by Gasteiger charge is -2.10. The maximum absolute atomic E-state index is 13.3. The van der Waals surface area contributed by atoms with Crippen molar-refractivity contribution in [2.75, 3.05) is 5.43 Å². The van der Waals surface area contributed by atoms with Crippen molar-refractivity contribution in [3.8, 4) is 11.4 Å².